The first kappa shape index (κ1) is 15.0. The van der Waals surface area contributed by atoms with Gasteiger partial charge in [0, 0.05) is 12.8 Å². The van der Waals surface area contributed by atoms with Crippen LogP contribution in [0.3, 0.4) is 0 Å². The molecule has 2 rings (SSSR count). The molecule has 5 nitrogen and oxygen atoms in total. The number of benzene rings is 2. The van der Waals surface area contributed by atoms with Crippen molar-refractivity contribution in [2.75, 3.05) is 6.26 Å². The summed E-state index contributed by atoms with van der Waals surface area (Å²) in [4.78, 5) is 0.164. The van der Waals surface area contributed by atoms with Gasteiger partial charge in [0.15, 0.2) is 9.84 Å². The lowest BCUT2D eigenvalue weighted by Crippen LogP contribution is -1.99. The quantitative estimate of drug-likeness (QED) is 0.934. The lowest BCUT2D eigenvalue weighted by molar-refractivity contribution is 0.479. The van der Waals surface area contributed by atoms with Crippen molar-refractivity contribution in [3.8, 4) is 17.6 Å². The minimum atomic E-state index is -3.31. The lowest BCUT2D eigenvalue weighted by Gasteiger charge is -2.09. The molecule has 6 heteroatoms. The maximum atomic E-state index is 11.5. The molecule has 0 unspecified atom stereocenters. The first-order valence-corrected chi connectivity index (χ1v) is 8.04. The predicted molar refractivity (Wildman–Crippen MR) is 78.7 cm³/mol. The van der Waals surface area contributed by atoms with E-state index in [9.17, 15) is 8.42 Å². The molecule has 0 heterocycles. The van der Waals surface area contributed by atoms with E-state index in [-0.39, 0.29) is 4.90 Å². The number of rotatable bonds is 4. The number of nitrogens with two attached hydrogens (primary N) is 1. The number of hydrogen-bond donors (Lipinski definition) is 1. The maximum absolute atomic E-state index is 11.5. The number of hydrogen-bond acceptors (Lipinski definition) is 5. The first-order valence-electron chi connectivity index (χ1n) is 6.15. The molecule has 0 atom stereocenters. The van der Waals surface area contributed by atoms with E-state index in [0.29, 0.717) is 23.6 Å². The zero-order valence-electron chi connectivity index (χ0n) is 11.4. The van der Waals surface area contributed by atoms with Crippen LogP contribution in [0.25, 0.3) is 0 Å². The third kappa shape index (κ3) is 3.60. The van der Waals surface area contributed by atoms with Crippen LogP contribution in [0.1, 0.15) is 11.1 Å². The van der Waals surface area contributed by atoms with Crippen molar-refractivity contribution in [1.82, 2.24) is 0 Å². The van der Waals surface area contributed by atoms with Crippen LogP contribution in [0, 0.1) is 11.3 Å². The Hall–Kier alpha value is -2.36. The van der Waals surface area contributed by atoms with Crippen LogP contribution in [0.4, 0.5) is 0 Å². The average Bonchev–Trinajstić information content (AvgIpc) is 2.47. The summed E-state index contributed by atoms with van der Waals surface area (Å²) in [7, 11) is -3.31. The highest BCUT2D eigenvalue weighted by atomic mass is 32.2. The number of ether oxygens (including phenoxy) is 1. The van der Waals surface area contributed by atoms with Crippen molar-refractivity contribution in [2.24, 2.45) is 5.73 Å². The largest absolute Gasteiger partial charge is 0.456 e. The van der Waals surface area contributed by atoms with E-state index < -0.39 is 9.84 Å². The zero-order valence-corrected chi connectivity index (χ0v) is 12.2. The van der Waals surface area contributed by atoms with E-state index in [1.165, 1.54) is 12.1 Å². The molecule has 0 amide bonds. The van der Waals surface area contributed by atoms with Gasteiger partial charge in [-0.05, 0) is 35.9 Å². The molecule has 0 saturated heterocycles. The van der Waals surface area contributed by atoms with E-state index in [0.717, 1.165) is 11.8 Å². The Kier molecular flexibility index (Phi) is 4.26. The van der Waals surface area contributed by atoms with Crippen LogP contribution >= 0.6 is 0 Å². The zero-order chi connectivity index (χ0) is 15.5. The van der Waals surface area contributed by atoms with E-state index in [4.69, 9.17) is 15.7 Å². The van der Waals surface area contributed by atoms with Crippen molar-refractivity contribution >= 4 is 9.84 Å². The Bertz CT molecular complexity index is 808. The highest BCUT2D eigenvalue weighted by Gasteiger charge is 2.10. The van der Waals surface area contributed by atoms with Gasteiger partial charge in [-0.3, -0.25) is 0 Å². The summed E-state index contributed by atoms with van der Waals surface area (Å²) in [5.74, 6) is 0.718. The van der Waals surface area contributed by atoms with Crippen LogP contribution in [0.5, 0.6) is 11.5 Å². The fourth-order valence-corrected chi connectivity index (χ4v) is 2.43. The Balaban J connectivity index is 2.37. The van der Waals surface area contributed by atoms with Crippen molar-refractivity contribution in [2.45, 2.75) is 11.4 Å². The lowest BCUT2D eigenvalue weighted by atomic mass is 10.1. The van der Waals surface area contributed by atoms with Crippen LogP contribution in [-0.2, 0) is 16.4 Å². The van der Waals surface area contributed by atoms with E-state index >= 15 is 0 Å². The molecule has 0 radical (unpaired) electrons. The number of nitrogens with zero attached hydrogens (tertiary/aromatic N) is 1. The van der Waals surface area contributed by atoms with Gasteiger partial charge >= 0.3 is 0 Å². The van der Waals surface area contributed by atoms with Gasteiger partial charge in [0.05, 0.1) is 10.5 Å². The molecule has 0 aliphatic carbocycles. The Morgan fingerprint density at radius 1 is 1.24 bits per heavy atom. The van der Waals surface area contributed by atoms with Gasteiger partial charge in [-0.25, -0.2) is 8.42 Å². The second kappa shape index (κ2) is 5.95. The van der Waals surface area contributed by atoms with Crippen molar-refractivity contribution in [3.63, 3.8) is 0 Å². The molecule has 0 saturated carbocycles. The van der Waals surface area contributed by atoms with E-state index in [1.54, 1.807) is 30.3 Å². The molecule has 0 aromatic heterocycles. The van der Waals surface area contributed by atoms with Crippen LogP contribution < -0.4 is 10.5 Å². The van der Waals surface area contributed by atoms with Crippen LogP contribution in [0.15, 0.2) is 47.4 Å². The average molecular weight is 302 g/mol. The summed E-state index contributed by atoms with van der Waals surface area (Å²) in [6.45, 7) is 0.332. The highest BCUT2D eigenvalue weighted by molar-refractivity contribution is 7.90. The molecule has 108 valence electrons. The normalized spacial score (nSPS) is 10.9. The summed E-state index contributed by atoms with van der Waals surface area (Å²) < 4.78 is 28.7. The fourth-order valence-electron chi connectivity index (χ4n) is 1.78. The highest BCUT2D eigenvalue weighted by Crippen LogP contribution is 2.27. The van der Waals surface area contributed by atoms with Gasteiger partial charge in [-0.2, -0.15) is 5.26 Å². The third-order valence-corrected chi connectivity index (χ3v) is 3.97. The maximum Gasteiger partial charge on any atom is 0.175 e. The monoisotopic (exact) mass is 302 g/mol. The number of sulfone groups is 1. The van der Waals surface area contributed by atoms with E-state index in [2.05, 4.69) is 0 Å². The van der Waals surface area contributed by atoms with Crippen molar-refractivity contribution in [1.29, 1.82) is 5.26 Å². The molecule has 2 aromatic rings. The summed E-state index contributed by atoms with van der Waals surface area (Å²) >= 11 is 0. The van der Waals surface area contributed by atoms with Gasteiger partial charge in [0.25, 0.3) is 0 Å². The van der Waals surface area contributed by atoms with Crippen molar-refractivity contribution in [3.05, 3.63) is 53.6 Å². The standard InChI is InChI=1S/C15H14N2O3S/c1-21(18,19)14-4-2-3-13(8-14)20-15-6-5-11(9-16)7-12(15)10-17/h2-8H,9,16H2,1H3. The molecule has 0 aliphatic heterocycles. The molecule has 0 aliphatic rings. The molecule has 0 fully saturated rings. The molecular formula is C15H14N2O3S. The van der Waals surface area contributed by atoms with Gasteiger partial charge < -0.3 is 10.5 Å². The minimum Gasteiger partial charge on any atom is -0.456 e. The summed E-state index contributed by atoms with van der Waals surface area (Å²) in [5, 5.41) is 9.13. The topological polar surface area (TPSA) is 93.2 Å². The third-order valence-electron chi connectivity index (χ3n) is 2.86. The van der Waals surface area contributed by atoms with Gasteiger partial charge in [0.2, 0.25) is 0 Å². The smallest absolute Gasteiger partial charge is 0.175 e. The number of nitriles is 1. The predicted octanol–water partition coefficient (Wildman–Crippen LogP) is 2.21. The second-order valence-corrected chi connectivity index (χ2v) is 6.51. The fraction of sp³-hybridized carbons (Fsp3) is 0.133. The minimum absolute atomic E-state index is 0.164. The Labute approximate surface area is 123 Å². The molecule has 2 aromatic carbocycles. The van der Waals surface area contributed by atoms with Gasteiger partial charge in [-0.15, -0.1) is 0 Å². The molecule has 0 bridgehead atoms. The Morgan fingerprint density at radius 2 is 2.00 bits per heavy atom. The van der Waals surface area contributed by atoms with E-state index in [1.807, 2.05) is 6.07 Å². The van der Waals surface area contributed by atoms with Gasteiger partial charge in [-0.1, -0.05) is 12.1 Å². The van der Waals surface area contributed by atoms with Gasteiger partial charge in [0.1, 0.15) is 17.6 Å². The SMILES string of the molecule is CS(=O)(=O)c1cccc(Oc2ccc(CN)cc2C#N)c1. The molecule has 21 heavy (non-hydrogen) atoms. The van der Waals surface area contributed by atoms with Crippen molar-refractivity contribution < 1.29 is 13.2 Å². The molecule has 0 spiro atoms. The summed E-state index contributed by atoms with van der Waals surface area (Å²) in [6.07, 6.45) is 1.13. The Morgan fingerprint density at radius 3 is 2.62 bits per heavy atom. The van der Waals surface area contributed by atoms with Crippen LogP contribution in [-0.4, -0.2) is 14.7 Å². The van der Waals surface area contributed by atoms with Crippen LogP contribution in [0.2, 0.25) is 0 Å². The first-order chi connectivity index (χ1) is 9.94. The molecular weight excluding hydrogens is 288 g/mol. The summed E-state index contributed by atoms with van der Waals surface area (Å²) in [6, 6.07) is 13.2. The molecule has 2 N–H and O–H groups in total. The summed E-state index contributed by atoms with van der Waals surface area (Å²) in [5.41, 5.74) is 6.70. The second-order valence-electron chi connectivity index (χ2n) is 4.50.